The summed E-state index contributed by atoms with van der Waals surface area (Å²) in [5, 5.41) is 0. The van der Waals surface area contributed by atoms with Crippen LogP contribution in [0.25, 0.3) is 0 Å². The molecule has 282 valence electrons. The molecule has 3 aromatic rings. The Hall–Kier alpha value is -2.50. The van der Waals surface area contributed by atoms with Crippen LogP contribution in [0, 0.1) is 20.8 Å². The first-order chi connectivity index (χ1) is 24.0. The van der Waals surface area contributed by atoms with Gasteiger partial charge >= 0.3 is 7.75 Å². The fourth-order valence-electron chi connectivity index (χ4n) is 5.62. The van der Waals surface area contributed by atoms with Crippen LogP contribution >= 0.6 is 7.75 Å². The maximum absolute atomic E-state index is 14.2. The predicted molar refractivity (Wildman–Crippen MR) is 197 cm³/mol. The lowest BCUT2D eigenvalue weighted by Crippen LogP contribution is -2.44. The van der Waals surface area contributed by atoms with E-state index in [1.54, 1.807) is 50.2 Å². The number of rotatable bonds is 11. The highest BCUT2D eigenvalue weighted by molar-refractivity contribution is 7.89. The molecule has 0 atom stereocenters. The van der Waals surface area contributed by atoms with Gasteiger partial charge in [0.05, 0.1) is 27.9 Å². The summed E-state index contributed by atoms with van der Waals surface area (Å²) < 4.78 is 115. The van der Waals surface area contributed by atoms with Crippen molar-refractivity contribution < 1.29 is 38.9 Å². The summed E-state index contributed by atoms with van der Waals surface area (Å²) in [6.45, 7) is 7.61. The molecular weight excluding hydrogens is 736 g/mol. The van der Waals surface area contributed by atoms with Crippen molar-refractivity contribution in [1.29, 1.82) is 0 Å². The molecule has 0 amide bonds. The first kappa shape index (κ1) is 41.3. The van der Waals surface area contributed by atoms with Gasteiger partial charge < -0.3 is 0 Å². The Morgan fingerprint density at radius 1 is 0.490 bits per heavy atom. The minimum absolute atomic E-state index is 0.0186. The van der Waals surface area contributed by atoms with E-state index in [0.717, 1.165) is 16.7 Å². The van der Waals surface area contributed by atoms with Gasteiger partial charge in [-0.25, -0.2) is 34.5 Å². The molecule has 4 rings (SSSR count). The van der Waals surface area contributed by atoms with Crippen LogP contribution in [-0.4, -0.2) is 108 Å². The summed E-state index contributed by atoms with van der Waals surface area (Å²) in [6, 6.07) is 19.1. The molecule has 1 fully saturated rings. The normalized spacial score (nSPS) is 17.7. The summed E-state index contributed by atoms with van der Waals surface area (Å²) >= 11 is 0. The van der Waals surface area contributed by atoms with E-state index in [1.807, 2.05) is 20.8 Å². The maximum atomic E-state index is 14.2. The number of hydrogen-bond acceptors (Lipinski definition) is 9. The van der Waals surface area contributed by atoms with E-state index in [9.17, 15) is 29.8 Å². The van der Waals surface area contributed by atoms with Crippen molar-refractivity contribution in [3.8, 4) is 0 Å². The number of sulfonamides is 3. The Labute approximate surface area is 303 Å². The molecule has 0 saturated carbocycles. The lowest BCUT2D eigenvalue weighted by atomic mass is 10.2. The van der Waals surface area contributed by atoms with Crippen LogP contribution in [0.2, 0.25) is 0 Å². The van der Waals surface area contributed by atoms with Crippen LogP contribution in [0.4, 0.5) is 0 Å². The third-order valence-corrected chi connectivity index (χ3v) is 16.5. The van der Waals surface area contributed by atoms with E-state index in [2.05, 4.69) is 0 Å². The third-order valence-electron chi connectivity index (χ3n) is 8.54. The average Bonchev–Trinajstić information content (AvgIpc) is 3.10. The van der Waals surface area contributed by atoms with Crippen LogP contribution in [0.15, 0.2) is 87.5 Å². The Balaban J connectivity index is 1.81. The molecule has 1 heterocycles. The molecule has 17 heteroatoms. The molecule has 3 aromatic carbocycles. The molecule has 0 spiro atoms. The number of hydrogen-bond donors (Lipinski definition) is 0. The van der Waals surface area contributed by atoms with E-state index >= 15 is 0 Å². The molecule has 1 saturated heterocycles. The lowest BCUT2D eigenvalue weighted by molar-refractivity contribution is 0.161. The number of nitrogens with zero attached hydrogens (tertiary/aromatic N) is 4. The summed E-state index contributed by atoms with van der Waals surface area (Å²) in [5.41, 5.74) is 2.61. The SMILES string of the molecule is CCOP(=O)(OCC)N1CCN(S(=O)(=O)c2ccc(C)cc2)CCCN(S(=O)(=O)c2ccc(C)cc2)CCN(S(=O)(=O)c2ccc(C)cc2)CC1. The van der Waals surface area contributed by atoms with Crippen molar-refractivity contribution in [2.45, 2.75) is 55.7 Å². The van der Waals surface area contributed by atoms with E-state index in [4.69, 9.17) is 9.05 Å². The fourth-order valence-corrected chi connectivity index (χ4v) is 11.7. The third kappa shape index (κ3) is 10.1. The second kappa shape index (κ2) is 17.5. The molecule has 0 aromatic heterocycles. The lowest BCUT2D eigenvalue weighted by Gasteiger charge is -2.33. The van der Waals surface area contributed by atoms with Gasteiger partial charge in [-0.05, 0) is 77.4 Å². The maximum Gasteiger partial charge on any atom is 0.408 e. The molecule has 51 heavy (non-hydrogen) atoms. The van der Waals surface area contributed by atoms with E-state index < -0.39 is 37.8 Å². The molecular formula is C34H49N4O9PS3. The standard InChI is InChI=1S/C34H49N4O9PS3/c1-6-46-48(39,47-7-2)35-23-25-36(49(40,41)32-15-9-29(3)10-16-32)21-8-22-37(50(42,43)33-17-11-30(4)12-18-33)27-28-38(26-24-35)51(44,45)34-19-13-31(5)14-20-34/h9-20H,6-8,21-28H2,1-5H3. The molecule has 13 nitrogen and oxygen atoms in total. The summed E-state index contributed by atoms with van der Waals surface area (Å²) in [7, 11) is -16.4. The first-order valence-corrected chi connectivity index (χ1v) is 22.7. The topological polar surface area (TPSA) is 151 Å². The summed E-state index contributed by atoms with van der Waals surface area (Å²) in [4.78, 5) is 0.112. The van der Waals surface area contributed by atoms with Crippen LogP contribution in [-0.2, 0) is 43.7 Å². The Kier molecular flexibility index (Phi) is 14.2. The smallest absolute Gasteiger partial charge is 0.297 e. The highest BCUT2D eigenvalue weighted by atomic mass is 32.2. The van der Waals surface area contributed by atoms with Gasteiger partial charge in [-0.3, -0.25) is 9.05 Å². The molecule has 1 aliphatic heterocycles. The van der Waals surface area contributed by atoms with E-state index in [-0.39, 0.29) is 86.7 Å². The van der Waals surface area contributed by atoms with Gasteiger partial charge in [0.25, 0.3) is 0 Å². The monoisotopic (exact) mass is 784 g/mol. The van der Waals surface area contributed by atoms with Gasteiger partial charge in [0, 0.05) is 52.4 Å². The summed E-state index contributed by atoms with van der Waals surface area (Å²) in [6.07, 6.45) is 0.0927. The van der Waals surface area contributed by atoms with Crippen molar-refractivity contribution in [1.82, 2.24) is 17.6 Å². The van der Waals surface area contributed by atoms with Gasteiger partial charge in [-0.15, -0.1) is 0 Å². The summed E-state index contributed by atoms with van der Waals surface area (Å²) in [5.74, 6) is 0. The van der Waals surface area contributed by atoms with Gasteiger partial charge in [0.15, 0.2) is 0 Å². The van der Waals surface area contributed by atoms with Crippen LogP contribution < -0.4 is 0 Å². The van der Waals surface area contributed by atoms with Gasteiger partial charge in [0.1, 0.15) is 0 Å². The van der Waals surface area contributed by atoms with E-state index in [1.165, 1.54) is 54.0 Å². The zero-order chi connectivity index (χ0) is 37.5. The molecule has 0 bridgehead atoms. The van der Waals surface area contributed by atoms with Gasteiger partial charge in [0.2, 0.25) is 30.1 Å². The Morgan fingerprint density at radius 2 is 0.765 bits per heavy atom. The van der Waals surface area contributed by atoms with Gasteiger partial charge in [-0.1, -0.05) is 53.1 Å². The first-order valence-electron chi connectivity index (χ1n) is 16.9. The highest BCUT2D eigenvalue weighted by Crippen LogP contribution is 2.51. The molecule has 0 unspecified atom stereocenters. The molecule has 0 radical (unpaired) electrons. The van der Waals surface area contributed by atoms with Crippen molar-refractivity contribution in [3.05, 3.63) is 89.5 Å². The predicted octanol–water partition coefficient (Wildman–Crippen LogP) is 4.87. The van der Waals surface area contributed by atoms with Crippen LogP contribution in [0.1, 0.15) is 37.0 Å². The number of aryl methyl sites for hydroxylation is 3. The largest absolute Gasteiger partial charge is 0.408 e. The quantitative estimate of drug-likeness (QED) is 0.247. The highest BCUT2D eigenvalue weighted by Gasteiger charge is 2.37. The number of benzene rings is 3. The van der Waals surface area contributed by atoms with Crippen LogP contribution in [0.5, 0.6) is 0 Å². The van der Waals surface area contributed by atoms with E-state index in [0.29, 0.717) is 0 Å². The molecule has 1 aliphatic rings. The van der Waals surface area contributed by atoms with Crippen molar-refractivity contribution in [2.24, 2.45) is 0 Å². The Morgan fingerprint density at radius 3 is 1.06 bits per heavy atom. The zero-order valence-corrected chi connectivity index (χ0v) is 33.2. The minimum Gasteiger partial charge on any atom is -0.297 e. The van der Waals surface area contributed by atoms with Crippen molar-refractivity contribution >= 4 is 37.8 Å². The van der Waals surface area contributed by atoms with Crippen molar-refractivity contribution in [2.75, 3.05) is 65.6 Å². The zero-order valence-electron chi connectivity index (χ0n) is 29.8. The Bertz CT molecular complexity index is 1970. The second-order valence-corrected chi connectivity index (χ2v) is 20.1. The average molecular weight is 785 g/mol. The fraction of sp³-hybridized carbons (Fsp3) is 0.471. The second-order valence-electron chi connectivity index (χ2n) is 12.3. The molecule has 0 aliphatic carbocycles. The van der Waals surface area contributed by atoms with Gasteiger partial charge in [-0.2, -0.15) is 12.9 Å². The molecule has 0 N–H and O–H groups in total. The van der Waals surface area contributed by atoms with Crippen LogP contribution in [0.3, 0.4) is 0 Å². The van der Waals surface area contributed by atoms with Crippen molar-refractivity contribution in [3.63, 3.8) is 0 Å². The minimum atomic E-state index is -4.18.